The Kier molecular flexibility index (Phi) is 6.33. The number of carboxylic acids is 1. The molecule has 2 N–H and O–H groups in total. The molecule has 0 aliphatic carbocycles. The number of carbonyl (C=O) groups is 2. The van der Waals surface area contributed by atoms with Gasteiger partial charge in [0.15, 0.2) is 0 Å². The summed E-state index contributed by atoms with van der Waals surface area (Å²) in [7, 11) is 1.50. The minimum atomic E-state index is -1.01. The third-order valence-corrected chi connectivity index (χ3v) is 4.40. The number of aromatic carboxylic acids is 1. The van der Waals surface area contributed by atoms with Crippen LogP contribution >= 0.6 is 0 Å². The Morgan fingerprint density at radius 1 is 1.21 bits per heavy atom. The molecule has 8 heteroatoms. The van der Waals surface area contributed by atoms with E-state index in [4.69, 9.17) is 14.6 Å². The van der Waals surface area contributed by atoms with E-state index in [9.17, 15) is 9.59 Å². The predicted molar refractivity (Wildman–Crippen MR) is 109 cm³/mol. The number of nitrogens with zero attached hydrogens (tertiary/aromatic N) is 2. The maximum atomic E-state index is 11.8. The van der Waals surface area contributed by atoms with Gasteiger partial charge in [0.05, 0.1) is 31.3 Å². The monoisotopic (exact) mass is 397 g/mol. The van der Waals surface area contributed by atoms with Crippen molar-refractivity contribution in [1.82, 2.24) is 9.78 Å². The van der Waals surface area contributed by atoms with Gasteiger partial charge >= 0.3 is 12.1 Å². The molecule has 0 aliphatic heterocycles. The quantitative estimate of drug-likeness (QED) is 0.554. The standard InChI is InChI=1S/C21H23N3O5/c1-3-4-9-29-21(27)22-17-8-7-15-12-24(23-18(15)11-17)13-16-6-5-14(20(25)26)10-19(16)28-2/h5-8,10-12H,3-4,9,13H2,1-2H3,(H,22,27)(H,25,26). The van der Waals surface area contributed by atoms with Crippen molar-refractivity contribution >= 4 is 28.7 Å². The molecular weight excluding hydrogens is 374 g/mol. The zero-order chi connectivity index (χ0) is 20.8. The van der Waals surface area contributed by atoms with Crippen molar-refractivity contribution in [3.05, 3.63) is 53.7 Å². The number of fused-ring (bicyclic) bond motifs is 1. The Labute approximate surface area is 168 Å². The summed E-state index contributed by atoms with van der Waals surface area (Å²) in [6.07, 6.45) is 3.18. The van der Waals surface area contributed by atoms with Crippen LogP contribution in [0.2, 0.25) is 0 Å². The number of hydrogen-bond acceptors (Lipinski definition) is 5. The van der Waals surface area contributed by atoms with Gasteiger partial charge in [0.2, 0.25) is 0 Å². The number of anilines is 1. The molecule has 2 aromatic carbocycles. The lowest BCUT2D eigenvalue weighted by atomic mass is 10.1. The molecule has 1 amide bonds. The minimum Gasteiger partial charge on any atom is -0.496 e. The van der Waals surface area contributed by atoms with E-state index < -0.39 is 12.1 Å². The van der Waals surface area contributed by atoms with Crippen LogP contribution in [0.15, 0.2) is 42.6 Å². The summed E-state index contributed by atoms with van der Waals surface area (Å²) in [6, 6.07) is 10.2. The maximum absolute atomic E-state index is 11.8. The minimum absolute atomic E-state index is 0.165. The average Bonchev–Trinajstić information content (AvgIpc) is 3.09. The fourth-order valence-electron chi connectivity index (χ4n) is 2.87. The van der Waals surface area contributed by atoms with Crippen LogP contribution in [0.1, 0.15) is 35.7 Å². The normalized spacial score (nSPS) is 10.7. The number of rotatable bonds is 8. The second-order valence-electron chi connectivity index (χ2n) is 6.55. The SMILES string of the molecule is CCCCOC(=O)Nc1ccc2cn(Cc3ccc(C(=O)O)cc3OC)nc2c1. The second-order valence-corrected chi connectivity index (χ2v) is 6.55. The van der Waals surface area contributed by atoms with Gasteiger partial charge in [0.25, 0.3) is 0 Å². The lowest BCUT2D eigenvalue weighted by Gasteiger charge is -2.09. The first kappa shape index (κ1) is 20.2. The Bertz CT molecular complexity index is 1030. The number of benzene rings is 2. The smallest absolute Gasteiger partial charge is 0.411 e. The Morgan fingerprint density at radius 3 is 2.76 bits per heavy atom. The first-order valence-corrected chi connectivity index (χ1v) is 9.31. The van der Waals surface area contributed by atoms with Crippen molar-refractivity contribution in [2.24, 2.45) is 0 Å². The van der Waals surface area contributed by atoms with E-state index in [0.717, 1.165) is 29.3 Å². The average molecular weight is 397 g/mol. The van der Waals surface area contributed by atoms with Crippen molar-refractivity contribution in [3.63, 3.8) is 0 Å². The lowest BCUT2D eigenvalue weighted by Crippen LogP contribution is -2.14. The zero-order valence-electron chi connectivity index (χ0n) is 16.3. The van der Waals surface area contributed by atoms with Gasteiger partial charge in [-0.1, -0.05) is 19.4 Å². The summed E-state index contributed by atoms with van der Waals surface area (Å²) in [6.45, 7) is 2.84. The Hall–Kier alpha value is -3.55. The third kappa shape index (κ3) is 5.04. The van der Waals surface area contributed by atoms with Crippen LogP contribution < -0.4 is 10.1 Å². The highest BCUT2D eigenvalue weighted by Gasteiger charge is 2.11. The second kappa shape index (κ2) is 9.09. The van der Waals surface area contributed by atoms with Crippen LogP contribution in [0, 0.1) is 0 Å². The first-order valence-electron chi connectivity index (χ1n) is 9.31. The predicted octanol–water partition coefficient (Wildman–Crippen LogP) is 4.14. The number of unbranched alkanes of at least 4 members (excludes halogenated alkanes) is 1. The van der Waals surface area contributed by atoms with Gasteiger partial charge in [-0.25, -0.2) is 9.59 Å². The number of hydrogen-bond donors (Lipinski definition) is 2. The molecule has 152 valence electrons. The van der Waals surface area contributed by atoms with Crippen LogP contribution in [-0.4, -0.2) is 40.7 Å². The van der Waals surface area contributed by atoms with Gasteiger partial charge < -0.3 is 14.6 Å². The van der Waals surface area contributed by atoms with Crippen molar-refractivity contribution in [3.8, 4) is 5.75 Å². The number of aromatic nitrogens is 2. The van der Waals surface area contributed by atoms with E-state index in [0.29, 0.717) is 24.6 Å². The molecule has 8 nitrogen and oxygen atoms in total. The highest BCUT2D eigenvalue weighted by molar-refractivity contribution is 5.89. The molecule has 0 fully saturated rings. The third-order valence-electron chi connectivity index (χ3n) is 4.40. The van der Waals surface area contributed by atoms with Crippen LogP contribution in [0.25, 0.3) is 10.9 Å². The molecule has 0 saturated heterocycles. The van der Waals surface area contributed by atoms with Crippen LogP contribution in [0.5, 0.6) is 5.75 Å². The molecule has 0 spiro atoms. The van der Waals surface area contributed by atoms with Crippen molar-refractivity contribution in [2.45, 2.75) is 26.3 Å². The van der Waals surface area contributed by atoms with E-state index in [-0.39, 0.29) is 5.56 Å². The summed E-state index contributed by atoms with van der Waals surface area (Å²) in [5.41, 5.74) is 2.30. The highest BCUT2D eigenvalue weighted by Crippen LogP contribution is 2.23. The van der Waals surface area contributed by atoms with Gasteiger partial charge in [0, 0.05) is 22.8 Å². The molecule has 0 saturated carbocycles. The van der Waals surface area contributed by atoms with Crippen molar-refractivity contribution in [2.75, 3.05) is 19.0 Å². The zero-order valence-corrected chi connectivity index (χ0v) is 16.3. The fraction of sp³-hybridized carbons (Fsp3) is 0.286. The molecular formula is C21H23N3O5. The van der Waals surface area contributed by atoms with Gasteiger partial charge in [-0.2, -0.15) is 5.10 Å². The maximum Gasteiger partial charge on any atom is 0.411 e. The number of carboxylic acid groups (broad SMARTS) is 1. The van der Waals surface area contributed by atoms with E-state index >= 15 is 0 Å². The van der Waals surface area contributed by atoms with E-state index in [1.807, 2.05) is 19.2 Å². The summed E-state index contributed by atoms with van der Waals surface area (Å²) >= 11 is 0. The Morgan fingerprint density at radius 2 is 2.03 bits per heavy atom. The highest BCUT2D eigenvalue weighted by atomic mass is 16.5. The topological polar surface area (TPSA) is 103 Å². The number of amides is 1. The molecule has 3 aromatic rings. The number of methoxy groups -OCH3 is 1. The first-order chi connectivity index (χ1) is 14.0. The summed E-state index contributed by atoms with van der Waals surface area (Å²) in [5, 5.41) is 17.3. The molecule has 0 unspecified atom stereocenters. The number of ether oxygens (including phenoxy) is 2. The molecule has 0 atom stereocenters. The van der Waals surface area contributed by atoms with Crippen LogP contribution in [0.4, 0.5) is 10.5 Å². The molecule has 0 aliphatic rings. The van der Waals surface area contributed by atoms with E-state index in [1.165, 1.54) is 19.2 Å². The Balaban J connectivity index is 1.75. The van der Waals surface area contributed by atoms with Crippen LogP contribution in [0.3, 0.4) is 0 Å². The van der Waals surface area contributed by atoms with Crippen LogP contribution in [-0.2, 0) is 11.3 Å². The molecule has 3 rings (SSSR count). The fourth-order valence-corrected chi connectivity index (χ4v) is 2.87. The van der Waals surface area contributed by atoms with E-state index in [2.05, 4.69) is 10.4 Å². The summed E-state index contributed by atoms with van der Waals surface area (Å²) in [4.78, 5) is 22.9. The summed E-state index contributed by atoms with van der Waals surface area (Å²) in [5.74, 6) is -0.519. The van der Waals surface area contributed by atoms with Crippen molar-refractivity contribution < 1.29 is 24.2 Å². The number of nitrogens with one attached hydrogen (secondary N) is 1. The van der Waals surface area contributed by atoms with Gasteiger partial charge in [-0.15, -0.1) is 0 Å². The van der Waals surface area contributed by atoms with Gasteiger partial charge in [0.1, 0.15) is 5.75 Å². The molecule has 29 heavy (non-hydrogen) atoms. The number of carbonyl (C=O) groups excluding carboxylic acids is 1. The lowest BCUT2D eigenvalue weighted by molar-refractivity contribution is 0.0696. The van der Waals surface area contributed by atoms with Gasteiger partial charge in [-0.3, -0.25) is 10.00 Å². The van der Waals surface area contributed by atoms with E-state index in [1.54, 1.807) is 22.9 Å². The summed E-state index contributed by atoms with van der Waals surface area (Å²) < 4.78 is 12.2. The molecule has 1 aromatic heterocycles. The molecule has 0 bridgehead atoms. The van der Waals surface area contributed by atoms with Crippen molar-refractivity contribution in [1.29, 1.82) is 0 Å². The largest absolute Gasteiger partial charge is 0.496 e. The molecule has 0 radical (unpaired) electrons. The van der Waals surface area contributed by atoms with Gasteiger partial charge in [-0.05, 0) is 36.8 Å². The molecule has 1 heterocycles.